The molecule has 0 saturated carbocycles. The van der Waals surface area contributed by atoms with Crippen LogP contribution in [-0.4, -0.2) is 63.0 Å². The Morgan fingerprint density at radius 2 is 1.97 bits per heavy atom. The number of carbonyl (C=O) groups is 1. The van der Waals surface area contributed by atoms with Crippen LogP contribution in [0.5, 0.6) is 0 Å². The minimum absolute atomic E-state index is 0.289. The van der Waals surface area contributed by atoms with E-state index in [0.717, 1.165) is 45.1 Å². The third kappa shape index (κ3) is 4.97. The Hall–Kier alpha value is -2.39. The number of carbonyl (C=O) groups excluding carboxylic acids is 1. The minimum Gasteiger partial charge on any atom is -0.379 e. The number of aromatic nitrogens is 4. The van der Waals surface area contributed by atoms with Crippen LogP contribution in [0.15, 0.2) is 43.1 Å². The molecule has 1 N–H and O–H groups in total. The van der Waals surface area contributed by atoms with Gasteiger partial charge in [-0.25, -0.2) is 4.98 Å². The van der Waals surface area contributed by atoms with Crippen molar-refractivity contribution < 1.29 is 9.53 Å². The molecule has 3 aromatic rings. The van der Waals surface area contributed by atoms with Crippen LogP contribution < -0.4 is 5.32 Å². The summed E-state index contributed by atoms with van der Waals surface area (Å²) in [5.74, 6) is -0.309. The van der Waals surface area contributed by atoms with E-state index in [0.29, 0.717) is 15.7 Å². The maximum Gasteiger partial charge on any atom is 0.275 e. The second-order valence-corrected chi connectivity index (χ2v) is 7.48. The van der Waals surface area contributed by atoms with E-state index in [1.807, 2.05) is 10.9 Å². The van der Waals surface area contributed by atoms with Crippen molar-refractivity contribution in [1.29, 1.82) is 0 Å². The van der Waals surface area contributed by atoms with Crippen molar-refractivity contribution in [3.8, 4) is 5.69 Å². The van der Waals surface area contributed by atoms with Crippen molar-refractivity contribution in [1.82, 2.24) is 24.2 Å². The summed E-state index contributed by atoms with van der Waals surface area (Å²) in [6, 6.07) is 5.21. The van der Waals surface area contributed by atoms with Crippen molar-refractivity contribution in [3.63, 3.8) is 0 Å². The van der Waals surface area contributed by atoms with Gasteiger partial charge in [-0.1, -0.05) is 23.2 Å². The van der Waals surface area contributed by atoms with Crippen molar-refractivity contribution >= 4 is 34.8 Å². The number of ether oxygens (including phenoxy) is 1. The smallest absolute Gasteiger partial charge is 0.275 e. The number of benzene rings is 1. The highest BCUT2D eigenvalue weighted by atomic mass is 35.5. The van der Waals surface area contributed by atoms with Gasteiger partial charge in [0.15, 0.2) is 0 Å². The van der Waals surface area contributed by atoms with Gasteiger partial charge in [0.2, 0.25) is 0 Å². The van der Waals surface area contributed by atoms with E-state index in [1.54, 1.807) is 41.5 Å². The van der Waals surface area contributed by atoms with Gasteiger partial charge in [-0.15, -0.1) is 0 Å². The Labute approximate surface area is 178 Å². The molecule has 0 bridgehead atoms. The van der Waals surface area contributed by atoms with Crippen molar-refractivity contribution in [2.24, 2.45) is 0 Å². The summed E-state index contributed by atoms with van der Waals surface area (Å²) in [5.41, 5.74) is 1.68. The average Bonchev–Trinajstić information content (AvgIpc) is 3.39. The van der Waals surface area contributed by atoms with Crippen LogP contribution in [0, 0.1) is 0 Å². The lowest BCUT2D eigenvalue weighted by Gasteiger charge is -2.26. The zero-order chi connectivity index (χ0) is 20.2. The average molecular weight is 435 g/mol. The van der Waals surface area contributed by atoms with Crippen LogP contribution in [0.1, 0.15) is 10.5 Å². The van der Waals surface area contributed by atoms with Gasteiger partial charge in [0, 0.05) is 37.7 Å². The topological polar surface area (TPSA) is 77.2 Å². The predicted octanol–water partition coefficient (Wildman–Crippen LogP) is 2.96. The monoisotopic (exact) mass is 434 g/mol. The molecule has 0 atom stereocenters. The summed E-state index contributed by atoms with van der Waals surface area (Å²) in [6.45, 7) is 5.07. The molecular formula is C19H20Cl2N6O2. The summed E-state index contributed by atoms with van der Waals surface area (Å²) < 4.78 is 8.88. The second-order valence-electron chi connectivity index (χ2n) is 6.66. The Morgan fingerprint density at radius 3 is 2.76 bits per heavy atom. The standard InChI is InChI=1S/C19H20Cl2N6O2/c20-16-2-1-15(9-17(16)21)26-12-18(22-13-26)19(28)24-14-10-23-27(11-14)4-3-25-5-7-29-8-6-25/h1-2,9-13H,3-8H2,(H,24,28). The molecule has 3 heterocycles. The first-order valence-corrected chi connectivity index (χ1v) is 9.97. The third-order valence-corrected chi connectivity index (χ3v) is 5.40. The maximum atomic E-state index is 12.5. The highest BCUT2D eigenvalue weighted by Gasteiger charge is 2.13. The fourth-order valence-electron chi connectivity index (χ4n) is 3.04. The molecular weight excluding hydrogens is 415 g/mol. The van der Waals surface area contributed by atoms with Crippen LogP contribution in [0.4, 0.5) is 5.69 Å². The molecule has 1 aromatic carbocycles. The lowest BCUT2D eigenvalue weighted by Crippen LogP contribution is -2.38. The molecule has 4 rings (SSSR count). The van der Waals surface area contributed by atoms with E-state index in [4.69, 9.17) is 27.9 Å². The van der Waals surface area contributed by atoms with E-state index in [9.17, 15) is 4.79 Å². The number of morpholine rings is 1. The molecule has 152 valence electrons. The molecule has 8 nitrogen and oxygen atoms in total. The molecule has 0 unspecified atom stereocenters. The number of imidazole rings is 1. The Morgan fingerprint density at radius 1 is 1.14 bits per heavy atom. The molecule has 1 aliphatic rings. The number of anilines is 1. The molecule has 0 spiro atoms. The van der Waals surface area contributed by atoms with E-state index < -0.39 is 0 Å². The van der Waals surface area contributed by atoms with Gasteiger partial charge >= 0.3 is 0 Å². The van der Waals surface area contributed by atoms with Gasteiger partial charge in [0.05, 0.1) is 41.7 Å². The van der Waals surface area contributed by atoms with Gasteiger partial charge in [-0.3, -0.25) is 14.4 Å². The van der Waals surface area contributed by atoms with Crippen LogP contribution >= 0.6 is 23.2 Å². The third-order valence-electron chi connectivity index (χ3n) is 4.66. The molecule has 1 fully saturated rings. The Bertz CT molecular complexity index is 996. The quantitative estimate of drug-likeness (QED) is 0.645. The molecule has 0 aliphatic carbocycles. The highest BCUT2D eigenvalue weighted by Crippen LogP contribution is 2.24. The number of hydrogen-bond acceptors (Lipinski definition) is 5. The number of nitrogens with zero attached hydrogens (tertiary/aromatic N) is 5. The highest BCUT2D eigenvalue weighted by molar-refractivity contribution is 6.42. The molecule has 2 aromatic heterocycles. The van der Waals surface area contributed by atoms with Crippen LogP contribution in [-0.2, 0) is 11.3 Å². The first kappa shape index (κ1) is 19.9. The van der Waals surface area contributed by atoms with Gasteiger partial charge in [-0.05, 0) is 18.2 Å². The summed E-state index contributed by atoms with van der Waals surface area (Å²) in [7, 11) is 0. The molecule has 1 amide bonds. The maximum absolute atomic E-state index is 12.5. The summed E-state index contributed by atoms with van der Waals surface area (Å²) in [6.07, 6.45) is 6.64. The lowest BCUT2D eigenvalue weighted by atomic mass is 10.3. The zero-order valence-corrected chi connectivity index (χ0v) is 17.1. The Balaban J connectivity index is 1.35. The fourth-order valence-corrected chi connectivity index (χ4v) is 3.33. The van der Waals surface area contributed by atoms with Crippen molar-refractivity contribution in [2.75, 3.05) is 38.2 Å². The SMILES string of the molecule is O=C(Nc1cnn(CCN2CCOCC2)c1)c1cn(-c2ccc(Cl)c(Cl)c2)cn1. The Kier molecular flexibility index (Phi) is 6.15. The number of amides is 1. The largest absolute Gasteiger partial charge is 0.379 e. The van der Waals surface area contributed by atoms with Gasteiger partial charge in [0.25, 0.3) is 5.91 Å². The summed E-state index contributed by atoms with van der Waals surface area (Å²) >= 11 is 12.0. The van der Waals surface area contributed by atoms with E-state index in [1.165, 1.54) is 0 Å². The number of hydrogen-bond donors (Lipinski definition) is 1. The van der Waals surface area contributed by atoms with Crippen molar-refractivity contribution in [2.45, 2.75) is 6.54 Å². The summed E-state index contributed by atoms with van der Waals surface area (Å²) in [4.78, 5) is 19.0. The number of halogens is 2. The normalized spacial score (nSPS) is 14.8. The van der Waals surface area contributed by atoms with Gasteiger partial charge < -0.3 is 14.6 Å². The van der Waals surface area contributed by atoms with Gasteiger partial charge in [-0.2, -0.15) is 5.10 Å². The van der Waals surface area contributed by atoms with Crippen LogP contribution in [0.25, 0.3) is 5.69 Å². The van der Waals surface area contributed by atoms with Crippen LogP contribution in [0.2, 0.25) is 10.0 Å². The van der Waals surface area contributed by atoms with E-state index >= 15 is 0 Å². The van der Waals surface area contributed by atoms with Crippen LogP contribution in [0.3, 0.4) is 0 Å². The van der Waals surface area contributed by atoms with Gasteiger partial charge in [0.1, 0.15) is 12.0 Å². The lowest BCUT2D eigenvalue weighted by molar-refractivity contribution is 0.0360. The second kappa shape index (κ2) is 8.96. The molecule has 1 aliphatic heterocycles. The fraction of sp³-hybridized carbons (Fsp3) is 0.316. The van der Waals surface area contributed by atoms with E-state index in [2.05, 4.69) is 20.3 Å². The summed E-state index contributed by atoms with van der Waals surface area (Å²) in [5, 5.41) is 8.04. The minimum atomic E-state index is -0.309. The number of rotatable bonds is 6. The number of nitrogens with one attached hydrogen (secondary N) is 1. The predicted molar refractivity (Wildman–Crippen MR) is 111 cm³/mol. The first-order valence-electron chi connectivity index (χ1n) is 9.22. The molecule has 1 saturated heterocycles. The molecule has 10 heteroatoms. The first-order chi connectivity index (χ1) is 14.1. The van der Waals surface area contributed by atoms with E-state index in [-0.39, 0.29) is 11.6 Å². The molecule has 29 heavy (non-hydrogen) atoms. The van der Waals surface area contributed by atoms with Crippen molar-refractivity contribution in [3.05, 3.63) is 58.9 Å². The zero-order valence-electron chi connectivity index (χ0n) is 15.6. The molecule has 0 radical (unpaired) electrons.